The van der Waals surface area contributed by atoms with E-state index in [1.54, 1.807) is 24.3 Å². The van der Waals surface area contributed by atoms with E-state index in [1.807, 2.05) is 0 Å². The highest BCUT2D eigenvalue weighted by molar-refractivity contribution is 6.24. The Bertz CT molecular complexity index is 1170. The molecule has 2 aromatic carbocycles. The number of nitrogens with one attached hydrogen (secondary N) is 1. The second-order valence-electron chi connectivity index (χ2n) is 5.51. The Kier molecular flexibility index (Phi) is 3.18. The monoisotopic (exact) mass is 339 g/mol. The molecule has 25 heavy (non-hydrogen) atoms. The molecule has 0 aliphatic carbocycles. The van der Waals surface area contributed by atoms with Gasteiger partial charge in [0.05, 0.1) is 25.2 Å². The summed E-state index contributed by atoms with van der Waals surface area (Å²) in [6, 6.07) is 7.95. The summed E-state index contributed by atoms with van der Waals surface area (Å²) in [7, 11) is 2.54. The molecule has 0 saturated heterocycles. The van der Waals surface area contributed by atoms with Crippen LogP contribution in [0.15, 0.2) is 34.7 Å². The van der Waals surface area contributed by atoms with Crippen molar-refractivity contribution in [2.45, 2.75) is 0 Å². The summed E-state index contributed by atoms with van der Waals surface area (Å²) in [5.41, 5.74) is 1.96. The van der Waals surface area contributed by atoms with Crippen molar-refractivity contribution < 1.29 is 28.6 Å². The fraction of sp³-hybridized carbons (Fsp3) is 0.111. The molecule has 0 atom stereocenters. The van der Waals surface area contributed by atoms with Gasteiger partial charge in [-0.2, -0.15) is 0 Å². The standard InChI is InChI=1S/C18H13NO6/c1-23-17(21)8-3-4-10-9(7-8)13-15-12(25-16(13)19-10)6-5-11(20)14(15)18(22)24-2/h3-7,19-20H,1-2H3. The number of H-pyrrole nitrogens is 1. The quantitative estimate of drug-likeness (QED) is 0.543. The number of rotatable bonds is 2. The van der Waals surface area contributed by atoms with Crippen LogP contribution in [-0.2, 0) is 9.47 Å². The van der Waals surface area contributed by atoms with Crippen molar-refractivity contribution in [3.8, 4) is 5.75 Å². The maximum atomic E-state index is 12.2. The molecule has 0 amide bonds. The van der Waals surface area contributed by atoms with Gasteiger partial charge in [-0.05, 0) is 30.3 Å². The van der Waals surface area contributed by atoms with Crippen molar-refractivity contribution in [1.82, 2.24) is 4.98 Å². The van der Waals surface area contributed by atoms with E-state index in [0.29, 0.717) is 33.0 Å². The molecule has 7 heteroatoms. The Morgan fingerprint density at radius 3 is 2.52 bits per heavy atom. The number of aromatic nitrogens is 1. The number of furan rings is 1. The molecule has 2 heterocycles. The van der Waals surface area contributed by atoms with Crippen LogP contribution in [0.1, 0.15) is 20.7 Å². The molecule has 0 aliphatic heterocycles. The fourth-order valence-corrected chi connectivity index (χ4v) is 3.06. The highest BCUT2D eigenvalue weighted by Gasteiger charge is 2.24. The van der Waals surface area contributed by atoms with Gasteiger partial charge in [-0.25, -0.2) is 9.59 Å². The Labute approximate surface area is 140 Å². The van der Waals surface area contributed by atoms with Crippen LogP contribution >= 0.6 is 0 Å². The summed E-state index contributed by atoms with van der Waals surface area (Å²) in [4.78, 5) is 27.1. The molecule has 7 nitrogen and oxygen atoms in total. The summed E-state index contributed by atoms with van der Waals surface area (Å²) in [6.07, 6.45) is 0. The number of esters is 2. The van der Waals surface area contributed by atoms with Crippen molar-refractivity contribution in [3.63, 3.8) is 0 Å². The van der Waals surface area contributed by atoms with Crippen molar-refractivity contribution in [3.05, 3.63) is 41.5 Å². The number of carbonyl (C=O) groups excluding carboxylic acids is 2. The van der Waals surface area contributed by atoms with Crippen LogP contribution in [-0.4, -0.2) is 36.2 Å². The zero-order valence-electron chi connectivity index (χ0n) is 13.4. The van der Waals surface area contributed by atoms with Crippen LogP contribution in [0.25, 0.3) is 33.0 Å². The van der Waals surface area contributed by atoms with Crippen LogP contribution in [0.5, 0.6) is 5.75 Å². The number of aromatic hydroxyl groups is 1. The number of phenolic OH excluding ortho intramolecular Hbond substituents is 1. The zero-order chi connectivity index (χ0) is 17.7. The van der Waals surface area contributed by atoms with E-state index in [9.17, 15) is 14.7 Å². The predicted molar refractivity (Wildman–Crippen MR) is 89.9 cm³/mol. The first kappa shape index (κ1) is 15.1. The molecule has 0 unspecified atom stereocenters. The van der Waals surface area contributed by atoms with E-state index in [1.165, 1.54) is 20.3 Å². The van der Waals surface area contributed by atoms with Crippen molar-refractivity contribution in [1.29, 1.82) is 0 Å². The SMILES string of the molecule is COC(=O)c1ccc2[nH]c3oc4ccc(O)c(C(=O)OC)c4c3c2c1. The maximum Gasteiger partial charge on any atom is 0.342 e. The summed E-state index contributed by atoms with van der Waals surface area (Å²) >= 11 is 0. The van der Waals surface area contributed by atoms with Gasteiger partial charge in [-0.3, -0.25) is 0 Å². The number of phenols is 1. The van der Waals surface area contributed by atoms with Crippen LogP contribution in [0.4, 0.5) is 0 Å². The topological polar surface area (TPSA) is 102 Å². The molecule has 4 aromatic rings. The Balaban J connectivity index is 2.17. The van der Waals surface area contributed by atoms with Crippen molar-refractivity contribution in [2.75, 3.05) is 14.2 Å². The van der Waals surface area contributed by atoms with Gasteiger partial charge >= 0.3 is 11.9 Å². The first-order valence-electron chi connectivity index (χ1n) is 7.41. The molecule has 2 N–H and O–H groups in total. The summed E-state index contributed by atoms with van der Waals surface area (Å²) in [5.74, 6) is -1.36. The minimum atomic E-state index is -0.677. The minimum Gasteiger partial charge on any atom is -0.507 e. The van der Waals surface area contributed by atoms with Crippen molar-refractivity contribution in [2.24, 2.45) is 0 Å². The lowest BCUT2D eigenvalue weighted by Gasteiger charge is -2.04. The van der Waals surface area contributed by atoms with Gasteiger partial charge in [0, 0.05) is 16.3 Å². The van der Waals surface area contributed by atoms with Crippen LogP contribution in [0, 0.1) is 0 Å². The lowest BCUT2D eigenvalue weighted by molar-refractivity contribution is 0.0591. The Morgan fingerprint density at radius 1 is 1.04 bits per heavy atom. The summed E-state index contributed by atoms with van der Waals surface area (Å²) in [5, 5.41) is 11.8. The van der Waals surface area contributed by atoms with Gasteiger partial charge in [0.15, 0.2) is 0 Å². The van der Waals surface area contributed by atoms with E-state index >= 15 is 0 Å². The Hall–Kier alpha value is -3.48. The fourth-order valence-electron chi connectivity index (χ4n) is 3.06. The van der Waals surface area contributed by atoms with Gasteiger partial charge in [0.1, 0.15) is 16.9 Å². The van der Waals surface area contributed by atoms with Crippen LogP contribution < -0.4 is 0 Å². The zero-order valence-corrected chi connectivity index (χ0v) is 13.4. The molecule has 4 rings (SSSR count). The maximum absolute atomic E-state index is 12.2. The average Bonchev–Trinajstić information content (AvgIpc) is 3.15. The molecule has 2 aromatic heterocycles. The number of carbonyl (C=O) groups is 2. The van der Waals surface area contributed by atoms with Gasteiger partial charge in [-0.1, -0.05) is 0 Å². The molecule has 0 aliphatic rings. The number of aromatic amines is 1. The van der Waals surface area contributed by atoms with Crippen LogP contribution in [0.2, 0.25) is 0 Å². The number of fused-ring (bicyclic) bond motifs is 5. The van der Waals surface area contributed by atoms with E-state index in [4.69, 9.17) is 13.9 Å². The predicted octanol–water partition coefficient (Wildman–Crippen LogP) is 3.35. The molecule has 0 fully saturated rings. The van der Waals surface area contributed by atoms with E-state index in [0.717, 1.165) is 5.52 Å². The third-order valence-electron chi connectivity index (χ3n) is 4.18. The summed E-state index contributed by atoms with van der Waals surface area (Å²) < 4.78 is 15.3. The number of benzene rings is 2. The number of hydrogen-bond acceptors (Lipinski definition) is 6. The van der Waals surface area contributed by atoms with Crippen molar-refractivity contribution >= 4 is 44.9 Å². The molecule has 126 valence electrons. The third-order valence-corrected chi connectivity index (χ3v) is 4.18. The minimum absolute atomic E-state index is 0.0168. The normalized spacial score (nSPS) is 11.3. The molecule has 0 bridgehead atoms. The average molecular weight is 339 g/mol. The smallest absolute Gasteiger partial charge is 0.342 e. The second-order valence-corrected chi connectivity index (χ2v) is 5.51. The van der Waals surface area contributed by atoms with Gasteiger partial charge < -0.3 is 24.0 Å². The van der Waals surface area contributed by atoms with E-state index in [2.05, 4.69) is 4.98 Å². The number of ether oxygens (including phenoxy) is 2. The lowest BCUT2D eigenvalue weighted by Crippen LogP contribution is -2.02. The molecule has 0 spiro atoms. The Morgan fingerprint density at radius 2 is 1.80 bits per heavy atom. The van der Waals surface area contributed by atoms with Gasteiger partial charge in [-0.15, -0.1) is 0 Å². The first-order chi connectivity index (χ1) is 12.0. The highest BCUT2D eigenvalue weighted by atomic mass is 16.5. The largest absolute Gasteiger partial charge is 0.507 e. The molecule has 0 saturated carbocycles. The summed E-state index contributed by atoms with van der Waals surface area (Å²) in [6.45, 7) is 0. The molecular formula is C18H13NO6. The van der Waals surface area contributed by atoms with Crippen LogP contribution in [0.3, 0.4) is 0 Å². The van der Waals surface area contributed by atoms with E-state index < -0.39 is 11.9 Å². The lowest BCUT2D eigenvalue weighted by atomic mass is 10.0. The van der Waals surface area contributed by atoms with Gasteiger partial charge in [0.2, 0.25) is 5.71 Å². The molecular weight excluding hydrogens is 326 g/mol. The highest BCUT2D eigenvalue weighted by Crippen LogP contribution is 2.39. The molecule has 0 radical (unpaired) electrons. The first-order valence-corrected chi connectivity index (χ1v) is 7.41. The number of hydrogen-bond donors (Lipinski definition) is 2. The number of methoxy groups -OCH3 is 2. The second kappa shape index (κ2) is 5.27. The third kappa shape index (κ3) is 2.06. The van der Waals surface area contributed by atoms with Gasteiger partial charge in [0.25, 0.3) is 0 Å². The van der Waals surface area contributed by atoms with E-state index in [-0.39, 0.29) is 11.3 Å².